The van der Waals surface area contributed by atoms with Gasteiger partial charge in [-0.25, -0.2) is 0 Å². The fourth-order valence-corrected chi connectivity index (χ4v) is 1.43. The average Bonchev–Trinajstić information content (AvgIpc) is 2.12. The van der Waals surface area contributed by atoms with E-state index in [4.69, 9.17) is 23.2 Å². The number of ketones is 1. The van der Waals surface area contributed by atoms with E-state index in [1.807, 2.05) is 0 Å². The van der Waals surface area contributed by atoms with Gasteiger partial charge in [0.05, 0.1) is 10.0 Å². The normalized spacial score (nSPS) is 9.86. The summed E-state index contributed by atoms with van der Waals surface area (Å²) in [5, 5.41) is 0.988. The molecule has 0 saturated heterocycles. The van der Waals surface area contributed by atoms with Gasteiger partial charge >= 0.3 is 0 Å². The van der Waals surface area contributed by atoms with E-state index >= 15 is 0 Å². The molecule has 3 heteroatoms. The molecule has 0 aliphatic heterocycles. The fourth-order valence-electron chi connectivity index (χ4n) is 1.11. The van der Waals surface area contributed by atoms with Gasteiger partial charge < -0.3 is 0 Å². The maximum atomic E-state index is 11.3. The molecular formula is C11H10Cl2O. The van der Waals surface area contributed by atoms with Crippen LogP contribution in [0.2, 0.25) is 10.0 Å². The number of allylic oxidation sites excluding steroid dienone is 1. The van der Waals surface area contributed by atoms with Gasteiger partial charge in [-0.2, -0.15) is 0 Å². The monoisotopic (exact) mass is 228 g/mol. The first-order valence-corrected chi connectivity index (χ1v) is 4.95. The highest BCUT2D eigenvalue weighted by atomic mass is 35.5. The summed E-state index contributed by atoms with van der Waals surface area (Å²) in [6, 6.07) is 5.21. The highest BCUT2D eigenvalue weighted by molar-refractivity contribution is 6.42. The molecule has 0 atom stereocenters. The van der Waals surface area contributed by atoms with E-state index in [0.717, 1.165) is 5.56 Å². The van der Waals surface area contributed by atoms with E-state index in [2.05, 4.69) is 6.58 Å². The molecule has 0 fully saturated rings. The van der Waals surface area contributed by atoms with Crippen LogP contribution in [0.25, 0.3) is 0 Å². The van der Waals surface area contributed by atoms with Crippen molar-refractivity contribution in [2.45, 2.75) is 12.8 Å². The molecule has 74 valence electrons. The van der Waals surface area contributed by atoms with Gasteiger partial charge in [0.15, 0.2) is 0 Å². The van der Waals surface area contributed by atoms with E-state index in [1.54, 1.807) is 24.3 Å². The van der Waals surface area contributed by atoms with Gasteiger partial charge in [-0.15, -0.1) is 6.58 Å². The molecule has 0 unspecified atom stereocenters. The Labute approximate surface area is 93.3 Å². The van der Waals surface area contributed by atoms with E-state index in [-0.39, 0.29) is 5.78 Å². The van der Waals surface area contributed by atoms with Gasteiger partial charge in [-0.3, -0.25) is 4.79 Å². The Kier molecular flexibility index (Phi) is 4.18. The molecule has 0 saturated carbocycles. The van der Waals surface area contributed by atoms with Crippen molar-refractivity contribution in [1.29, 1.82) is 0 Å². The second-order valence-corrected chi connectivity index (χ2v) is 3.77. The van der Waals surface area contributed by atoms with Crippen LogP contribution in [0.1, 0.15) is 12.0 Å². The van der Waals surface area contributed by atoms with Crippen LogP contribution in [0, 0.1) is 0 Å². The molecule has 0 aliphatic carbocycles. The molecule has 0 aliphatic rings. The summed E-state index contributed by atoms with van der Waals surface area (Å²) in [7, 11) is 0. The maximum absolute atomic E-state index is 11.3. The summed E-state index contributed by atoms with van der Waals surface area (Å²) in [6.45, 7) is 3.51. The first-order valence-electron chi connectivity index (χ1n) is 4.20. The zero-order valence-electron chi connectivity index (χ0n) is 7.59. The molecule has 0 aromatic heterocycles. The predicted molar refractivity (Wildman–Crippen MR) is 60.0 cm³/mol. The SMILES string of the molecule is C=CCC(=O)Cc1ccc(Cl)c(Cl)c1. The lowest BCUT2D eigenvalue weighted by molar-refractivity contribution is -0.117. The molecule has 1 aromatic rings. The number of hydrogen-bond acceptors (Lipinski definition) is 1. The smallest absolute Gasteiger partial charge is 0.140 e. The maximum Gasteiger partial charge on any atom is 0.140 e. The van der Waals surface area contributed by atoms with Crippen molar-refractivity contribution in [3.63, 3.8) is 0 Å². The van der Waals surface area contributed by atoms with Gasteiger partial charge in [-0.1, -0.05) is 35.3 Å². The second-order valence-electron chi connectivity index (χ2n) is 2.96. The van der Waals surface area contributed by atoms with Gasteiger partial charge in [0.1, 0.15) is 5.78 Å². The number of hydrogen-bond donors (Lipinski definition) is 0. The molecule has 0 radical (unpaired) electrons. The van der Waals surface area contributed by atoms with E-state index < -0.39 is 0 Å². The Hall–Kier alpha value is -0.790. The topological polar surface area (TPSA) is 17.1 Å². The molecular weight excluding hydrogens is 219 g/mol. The summed E-state index contributed by atoms with van der Waals surface area (Å²) in [5.74, 6) is 0.124. The Morgan fingerprint density at radius 1 is 1.36 bits per heavy atom. The number of halogens is 2. The van der Waals surface area contributed by atoms with Crippen molar-refractivity contribution >= 4 is 29.0 Å². The van der Waals surface area contributed by atoms with Crippen LogP contribution in [-0.4, -0.2) is 5.78 Å². The summed E-state index contributed by atoms with van der Waals surface area (Å²) < 4.78 is 0. The summed E-state index contributed by atoms with van der Waals surface area (Å²) in [4.78, 5) is 11.3. The molecule has 0 N–H and O–H groups in total. The first-order chi connectivity index (χ1) is 6.63. The number of carbonyl (C=O) groups excluding carboxylic acids is 1. The van der Waals surface area contributed by atoms with Crippen LogP contribution < -0.4 is 0 Å². The summed E-state index contributed by atoms with van der Waals surface area (Å²) in [5.41, 5.74) is 0.881. The van der Waals surface area contributed by atoms with Crippen LogP contribution in [0.4, 0.5) is 0 Å². The Morgan fingerprint density at radius 2 is 2.07 bits per heavy atom. The minimum atomic E-state index is 0.124. The molecule has 1 aromatic carbocycles. The van der Waals surface area contributed by atoms with E-state index in [1.165, 1.54) is 0 Å². The predicted octanol–water partition coefficient (Wildman–Crippen LogP) is 3.68. The van der Waals surface area contributed by atoms with Crippen molar-refractivity contribution in [2.75, 3.05) is 0 Å². The summed E-state index contributed by atoms with van der Waals surface area (Å²) in [6.07, 6.45) is 2.36. The number of rotatable bonds is 4. The summed E-state index contributed by atoms with van der Waals surface area (Å²) >= 11 is 11.6. The average molecular weight is 229 g/mol. The van der Waals surface area contributed by atoms with Gasteiger partial charge in [0.2, 0.25) is 0 Å². The van der Waals surface area contributed by atoms with Crippen molar-refractivity contribution in [2.24, 2.45) is 0 Å². The molecule has 1 rings (SSSR count). The minimum absolute atomic E-state index is 0.124. The van der Waals surface area contributed by atoms with Gasteiger partial charge in [-0.05, 0) is 17.7 Å². The largest absolute Gasteiger partial charge is 0.299 e. The van der Waals surface area contributed by atoms with Crippen LogP contribution in [-0.2, 0) is 11.2 Å². The quantitative estimate of drug-likeness (QED) is 0.719. The number of Topliss-reactive ketones (excluding diaryl/α,β-unsaturated/α-hetero) is 1. The molecule has 1 nitrogen and oxygen atoms in total. The standard InChI is InChI=1S/C11H10Cl2O/c1-2-3-9(14)6-8-4-5-10(12)11(13)7-8/h2,4-5,7H,1,3,6H2. The van der Waals surface area contributed by atoms with Crippen LogP contribution >= 0.6 is 23.2 Å². The third kappa shape index (κ3) is 3.17. The van der Waals surface area contributed by atoms with Crippen LogP contribution in [0.3, 0.4) is 0 Å². The van der Waals surface area contributed by atoms with E-state index in [9.17, 15) is 4.79 Å². The van der Waals surface area contributed by atoms with Gasteiger partial charge in [0.25, 0.3) is 0 Å². The minimum Gasteiger partial charge on any atom is -0.299 e. The van der Waals surface area contributed by atoms with Crippen molar-refractivity contribution in [1.82, 2.24) is 0 Å². The van der Waals surface area contributed by atoms with E-state index in [0.29, 0.717) is 22.9 Å². The third-order valence-corrected chi connectivity index (χ3v) is 2.50. The highest BCUT2D eigenvalue weighted by Gasteiger charge is 2.03. The lowest BCUT2D eigenvalue weighted by atomic mass is 10.1. The lowest BCUT2D eigenvalue weighted by Crippen LogP contribution is -2.00. The van der Waals surface area contributed by atoms with Crippen molar-refractivity contribution in [3.05, 3.63) is 46.5 Å². The molecule has 0 heterocycles. The van der Waals surface area contributed by atoms with Crippen LogP contribution in [0.15, 0.2) is 30.9 Å². The second kappa shape index (κ2) is 5.18. The molecule has 0 bridgehead atoms. The number of benzene rings is 1. The van der Waals surface area contributed by atoms with Gasteiger partial charge in [0, 0.05) is 12.8 Å². The molecule has 0 spiro atoms. The third-order valence-electron chi connectivity index (χ3n) is 1.76. The van der Waals surface area contributed by atoms with Crippen molar-refractivity contribution in [3.8, 4) is 0 Å². The van der Waals surface area contributed by atoms with Crippen molar-refractivity contribution < 1.29 is 4.79 Å². The highest BCUT2D eigenvalue weighted by Crippen LogP contribution is 2.22. The lowest BCUT2D eigenvalue weighted by Gasteiger charge is -2.01. The number of carbonyl (C=O) groups is 1. The zero-order chi connectivity index (χ0) is 10.6. The Balaban J connectivity index is 2.72. The zero-order valence-corrected chi connectivity index (χ0v) is 9.11. The first kappa shape index (κ1) is 11.3. The molecule has 0 amide bonds. The van der Waals surface area contributed by atoms with Crippen LogP contribution in [0.5, 0.6) is 0 Å². The fraction of sp³-hybridized carbons (Fsp3) is 0.182. The molecule has 14 heavy (non-hydrogen) atoms. The Morgan fingerprint density at radius 3 is 2.64 bits per heavy atom. The Bertz CT molecular complexity index is 358.